The Morgan fingerprint density at radius 1 is 1.35 bits per heavy atom. The lowest BCUT2D eigenvalue weighted by Gasteiger charge is -2.23. The van der Waals surface area contributed by atoms with Crippen molar-refractivity contribution in [3.05, 3.63) is 35.4 Å². The summed E-state index contributed by atoms with van der Waals surface area (Å²) in [5.74, 6) is -0.636. The minimum Gasteiger partial charge on any atom is -0.310 e. The molecular weight excluding hydrogens is 258 g/mol. The average molecular weight is 282 g/mol. The fourth-order valence-electron chi connectivity index (χ4n) is 2.59. The summed E-state index contributed by atoms with van der Waals surface area (Å²) in [6, 6.07) is 4.29. The van der Waals surface area contributed by atoms with Gasteiger partial charge >= 0.3 is 0 Å². The number of halogens is 2. The summed E-state index contributed by atoms with van der Waals surface area (Å²) in [5, 5.41) is 3.26. The lowest BCUT2D eigenvalue weighted by atomic mass is 10.0. The molecule has 1 fully saturated rings. The van der Waals surface area contributed by atoms with Crippen LogP contribution in [0.3, 0.4) is 0 Å². The highest BCUT2D eigenvalue weighted by Gasteiger charge is 2.23. The van der Waals surface area contributed by atoms with E-state index >= 15 is 0 Å². The van der Waals surface area contributed by atoms with Gasteiger partial charge in [-0.3, -0.25) is 0 Å². The molecule has 1 atom stereocenters. The molecule has 0 saturated heterocycles. The zero-order valence-electron chi connectivity index (χ0n) is 12.3. The van der Waals surface area contributed by atoms with E-state index < -0.39 is 11.6 Å². The summed E-state index contributed by atoms with van der Waals surface area (Å²) in [7, 11) is 2.10. The normalized spacial score (nSPS) is 16.6. The fraction of sp³-hybridized carbons (Fsp3) is 0.625. The molecule has 1 aromatic carbocycles. The molecule has 0 bridgehead atoms. The Labute approximate surface area is 120 Å². The molecule has 1 aliphatic rings. The van der Waals surface area contributed by atoms with Crippen molar-refractivity contribution in [1.29, 1.82) is 0 Å². The Balaban J connectivity index is 1.96. The van der Waals surface area contributed by atoms with Gasteiger partial charge < -0.3 is 10.2 Å². The smallest absolute Gasteiger partial charge is 0.163 e. The molecule has 4 heteroatoms. The molecule has 1 aliphatic carbocycles. The van der Waals surface area contributed by atoms with Gasteiger partial charge in [0.25, 0.3) is 0 Å². The van der Waals surface area contributed by atoms with Gasteiger partial charge in [-0.25, -0.2) is 8.78 Å². The van der Waals surface area contributed by atoms with Crippen molar-refractivity contribution < 1.29 is 8.78 Å². The maximum Gasteiger partial charge on any atom is 0.163 e. The summed E-state index contributed by atoms with van der Waals surface area (Å²) < 4.78 is 27.2. The van der Waals surface area contributed by atoms with Crippen LogP contribution in [0.15, 0.2) is 18.2 Å². The van der Waals surface area contributed by atoms with Crippen LogP contribution >= 0.6 is 0 Å². The van der Waals surface area contributed by atoms with Crippen LogP contribution < -0.4 is 5.32 Å². The number of hydrogen-bond donors (Lipinski definition) is 1. The molecule has 0 amide bonds. The van der Waals surface area contributed by atoms with Crippen molar-refractivity contribution in [2.24, 2.45) is 5.92 Å². The minimum atomic E-state index is -0.767. The number of nitrogens with one attached hydrogen (secondary N) is 1. The SMILES string of the molecule is CCNC(CCN(C)CC1CC1)c1cccc(F)c1F. The second kappa shape index (κ2) is 7.14. The molecule has 20 heavy (non-hydrogen) atoms. The monoisotopic (exact) mass is 282 g/mol. The van der Waals surface area contributed by atoms with Crippen LogP contribution in [0.4, 0.5) is 8.78 Å². The van der Waals surface area contributed by atoms with Gasteiger partial charge in [-0.2, -0.15) is 0 Å². The number of nitrogens with zero attached hydrogens (tertiary/aromatic N) is 1. The van der Waals surface area contributed by atoms with Crippen molar-refractivity contribution in [2.75, 3.05) is 26.7 Å². The summed E-state index contributed by atoms with van der Waals surface area (Å²) >= 11 is 0. The molecule has 2 nitrogen and oxygen atoms in total. The second-order valence-corrected chi connectivity index (χ2v) is 5.75. The first-order valence-corrected chi connectivity index (χ1v) is 7.47. The van der Waals surface area contributed by atoms with Crippen LogP contribution in [0, 0.1) is 17.6 Å². The van der Waals surface area contributed by atoms with Gasteiger partial charge in [0.2, 0.25) is 0 Å². The van der Waals surface area contributed by atoms with E-state index in [-0.39, 0.29) is 6.04 Å². The number of rotatable bonds is 8. The predicted molar refractivity (Wildman–Crippen MR) is 77.6 cm³/mol. The Bertz CT molecular complexity index is 432. The molecule has 0 spiro atoms. The van der Waals surface area contributed by atoms with Gasteiger partial charge in [0.05, 0.1) is 0 Å². The minimum absolute atomic E-state index is 0.127. The lowest BCUT2D eigenvalue weighted by Crippen LogP contribution is -2.29. The van der Waals surface area contributed by atoms with Crippen LogP contribution in [-0.4, -0.2) is 31.6 Å². The van der Waals surface area contributed by atoms with E-state index in [1.165, 1.54) is 18.9 Å². The van der Waals surface area contributed by atoms with Gasteiger partial charge in [0, 0.05) is 18.2 Å². The molecule has 0 aromatic heterocycles. The highest BCUT2D eigenvalue weighted by atomic mass is 19.2. The Morgan fingerprint density at radius 2 is 2.10 bits per heavy atom. The van der Waals surface area contributed by atoms with Crippen molar-refractivity contribution in [3.8, 4) is 0 Å². The number of hydrogen-bond acceptors (Lipinski definition) is 2. The summed E-state index contributed by atoms with van der Waals surface area (Å²) in [6.45, 7) is 4.74. The Hall–Kier alpha value is -1.00. The zero-order valence-corrected chi connectivity index (χ0v) is 12.3. The third kappa shape index (κ3) is 4.25. The maximum atomic E-state index is 13.9. The quantitative estimate of drug-likeness (QED) is 0.786. The Morgan fingerprint density at radius 3 is 2.75 bits per heavy atom. The third-order valence-electron chi connectivity index (χ3n) is 3.87. The topological polar surface area (TPSA) is 15.3 Å². The average Bonchev–Trinajstić information content (AvgIpc) is 3.22. The molecule has 0 heterocycles. The molecule has 1 saturated carbocycles. The van der Waals surface area contributed by atoms with Crippen molar-refractivity contribution in [2.45, 2.75) is 32.2 Å². The van der Waals surface area contributed by atoms with Crippen molar-refractivity contribution in [3.63, 3.8) is 0 Å². The van der Waals surface area contributed by atoms with Gasteiger partial charge in [-0.1, -0.05) is 19.1 Å². The largest absolute Gasteiger partial charge is 0.310 e. The standard InChI is InChI=1S/C16H24F2N2/c1-3-19-15(9-10-20(2)11-12-7-8-12)13-5-4-6-14(17)16(13)18/h4-6,12,15,19H,3,7-11H2,1-2H3. The molecule has 1 aromatic rings. The van der Waals surface area contributed by atoms with E-state index in [2.05, 4.69) is 17.3 Å². The van der Waals surface area contributed by atoms with E-state index in [9.17, 15) is 8.78 Å². The highest BCUT2D eigenvalue weighted by Crippen LogP contribution is 2.29. The summed E-state index contributed by atoms with van der Waals surface area (Å²) in [6.07, 6.45) is 3.45. The van der Waals surface area contributed by atoms with E-state index in [0.29, 0.717) is 5.56 Å². The van der Waals surface area contributed by atoms with Gasteiger partial charge in [0.1, 0.15) is 0 Å². The van der Waals surface area contributed by atoms with E-state index in [1.54, 1.807) is 12.1 Å². The van der Waals surface area contributed by atoms with E-state index in [1.807, 2.05) is 6.92 Å². The highest BCUT2D eigenvalue weighted by molar-refractivity contribution is 5.22. The predicted octanol–water partition coefficient (Wildman–Crippen LogP) is 3.35. The van der Waals surface area contributed by atoms with Gasteiger partial charge in [-0.05, 0) is 51.4 Å². The maximum absolute atomic E-state index is 13.9. The van der Waals surface area contributed by atoms with Gasteiger partial charge in [0.15, 0.2) is 11.6 Å². The first kappa shape index (κ1) is 15.4. The molecule has 2 rings (SSSR count). The summed E-state index contributed by atoms with van der Waals surface area (Å²) in [5.41, 5.74) is 0.437. The molecule has 112 valence electrons. The van der Waals surface area contributed by atoms with E-state index in [4.69, 9.17) is 0 Å². The zero-order chi connectivity index (χ0) is 14.5. The van der Waals surface area contributed by atoms with Crippen molar-refractivity contribution >= 4 is 0 Å². The van der Waals surface area contributed by atoms with E-state index in [0.717, 1.165) is 32.0 Å². The molecule has 1 N–H and O–H groups in total. The second-order valence-electron chi connectivity index (χ2n) is 5.75. The molecule has 0 aliphatic heterocycles. The first-order chi connectivity index (χ1) is 9.61. The van der Waals surface area contributed by atoms with Crippen LogP contribution in [0.2, 0.25) is 0 Å². The molecule has 1 unspecified atom stereocenters. The van der Waals surface area contributed by atoms with Crippen LogP contribution in [0.5, 0.6) is 0 Å². The van der Waals surface area contributed by atoms with Crippen LogP contribution in [0.25, 0.3) is 0 Å². The molecule has 0 radical (unpaired) electrons. The van der Waals surface area contributed by atoms with Crippen LogP contribution in [0.1, 0.15) is 37.8 Å². The van der Waals surface area contributed by atoms with Crippen molar-refractivity contribution in [1.82, 2.24) is 10.2 Å². The third-order valence-corrected chi connectivity index (χ3v) is 3.87. The van der Waals surface area contributed by atoms with Gasteiger partial charge in [-0.15, -0.1) is 0 Å². The Kier molecular flexibility index (Phi) is 5.49. The summed E-state index contributed by atoms with van der Waals surface area (Å²) in [4.78, 5) is 2.29. The van der Waals surface area contributed by atoms with Crippen LogP contribution in [-0.2, 0) is 0 Å². The lowest BCUT2D eigenvalue weighted by molar-refractivity contribution is 0.295. The number of benzene rings is 1. The molecular formula is C16H24F2N2. The fourth-order valence-corrected chi connectivity index (χ4v) is 2.59. The first-order valence-electron chi connectivity index (χ1n) is 7.47.